The van der Waals surface area contributed by atoms with E-state index in [2.05, 4.69) is 100 Å². The van der Waals surface area contributed by atoms with Crippen LogP contribution in [0.15, 0.2) is 67.3 Å². The Morgan fingerprint density at radius 1 is 0.409 bits per heavy atom. The summed E-state index contributed by atoms with van der Waals surface area (Å²) in [6, 6.07) is 18.5. The number of ether oxygens (including phenoxy) is 14. The lowest BCUT2D eigenvalue weighted by Gasteiger charge is -2.44. The van der Waals surface area contributed by atoms with Crippen molar-refractivity contribution in [2.75, 3.05) is 172 Å². The summed E-state index contributed by atoms with van der Waals surface area (Å²) in [6.45, 7) is 48.2. The van der Waals surface area contributed by atoms with Crippen molar-refractivity contribution in [1.82, 2.24) is 0 Å². The largest absolute Gasteiger partial charge is 0.493 e. The minimum Gasteiger partial charge on any atom is -0.493 e. The highest BCUT2D eigenvalue weighted by Crippen LogP contribution is 2.38. The zero-order valence-electron chi connectivity index (χ0n) is 57.0. The van der Waals surface area contributed by atoms with Crippen LogP contribution in [0.3, 0.4) is 0 Å². The van der Waals surface area contributed by atoms with Gasteiger partial charge >= 0.3 is 0 Å². The van der Waals surface area contributed by atoms with Gasteiger partial charge in [-0.25, -0.2) is 0 Å². The molecule has 10 rings (SSSR count). The van der Waals surface area contributed by atoms with Gasteiger partial charge in [0.1, 0.15) is 5.75 Å². The van der Waals surface area contributed by atoms with Gasteiger partial charge in [-0.15, -0.1) is 6.58 Å². The summed E-state index contributed by atoms with van der Waals surface area (Å²) in [4.78, 5) is 0. The van der Waals surface area contributed by atoms with Crippen molar-refractivity contribution in [1.29, 1.82) is 0 Å². The summed E-state index contributed by atoms with van der Waals surface area (Å²) in [7, 11) is 0. The molecule has 0 bridgehead atoms. The van der Waals surface area contributed by atoms with Crippen molar-refractivity contribution in [2.45, 2.75) is 160 Å². The van der Waals surface area contributed by atoms with Crippen LogP contribution in [0, 0.1) is 49.2 Å². The molecule has 15 heteroatoms. The molecule has 506 valence electrons. The van der Waals surface area contributed by atoms with Gasteiger partial charge in [-0.3, -0.25) is 0 Å². The highest BCUT2D eigenvalue weighted by molar-refractivity contribution is 5.22. The third-order valence-corrected chi connectivity index (χ3v) is 20.3. The number of benzene rings is 2. The van der Waals surface area contributed by atoms with Crippen LogP contribution >= 0.6 is 0 Å². The van der Waals surface area contributed by atoms with Crippen molar-refractivity contribution in [3.8, 4) is 5.75 Å². The molecule has 2 aromatic rings. The third-order valence-electron chi connectivity index (χ3n) is 20.3. The molecule has 2 aromatic carbocycles. The molecule has 1 unspecified atom stereocenters. The SMILES string of the molecule is C=CCOCC1(CC)COC1.CCC1(CO)COC1.CCC1(COCC2(CC)COC2)COC1.CCC1(COCc2ccc(COCC3(CC)COC3)cc2)COC1.CCC1(COc2ccccc2)COC1.CCCCC(CC)COCC1(CC)COC1. The van der Waals surface area contributed by atoms with E-state index >= 15 is 0 Å². The van der Waals surface area contributed by atoms with Crippen LogP contribution in [0.25, 0.3) is 0 Å². The van der Waals surface area contributed by atoms with Gasteiger partial charge in [-0.05, 0) is 87.0 Å². The van der Waals surface area contributed by atoms with Crippen LogP contribution in [0.1, 0.15) is 157 Å². The maximum atomic E-state index is 8.76. The Hall–Kier alpha value is -2.58. The fourth-order valence-corrected chi connectivity index (χ4v) is 10.7. The van der Waals surface area contributed by atoms with Crippen LogP contribution < -0.4 is 4.74 Å². The van der Waals surface area contributed by atoms with Crippen LogP contribution in [0.2, 0.25) is 0 Å². The summed E-state index contributed by atoms with van der Waals surface area (Å²) >= 11 is 0. The Labute approximate surface area is 533 Å². The summed E-state index contributed by atoms with van der Waals surface area (Å²) in [6.07, 6.45) is 16.0. The van der Waals surface area contributed by atoms with E-state index in [1.165, 1.54) is 43.2 Å². The molecule has 0 radical (unpaired) electrons. The second-order valence-corrected chi connectivity index (χ2v) is 27.6. The molecule has 1 N–H and O–H groups in total. The molecule has 0 aliphatic carbocycles. The Bertz CT molecular complexity index is 1970. The zero-order valence-corrected chi connectivity index (χ0v) is 57.0. The van der Waals surface area contributed by atoms with Crippen molar-refractivity contribution >= 4 is 0 Å². The lowest BCUT2D eigenvalue weighted by atomic mass is 9.83. The first kappa shape index (κ1) is 76.1. The molecule has 8 aliphatic rings. The van der Waals surface area contributed by atoms with Gasteiger partial charge in [-0.2, -0.15) is 0 Å². The zero-order chi connectivity index (χ0) is 63.6. The first-order valence-corrected chi connectivity index (χ1v) is 34.2. The quantitative estimate of drug-likeness (QED) is 0.0509. The molecule has 88 heavy (non-hydrogen) atoms. The second-order valence-electron chi connectivity index (χ2n) is 27.6. The molecule has 8 saturated heterocycles. The number of rotatable bonds is 36. The van der Waals surface area contributed by atoms with Gasteiger partial charge < -0.3 is 71.4 Å². The molecule has 0 saturated carbocycles. The lowest BCUT2D eigenvalue weighted by molar-refractivity contribution is -0.187. The highest BCUT2D eigenvalue weighted by atomic mass is 16.5. The fraction of sp³-hybridized carbons (Fsp3) is 0.808. The standard InChI is InChI=1S/C20H30O4.C14H28O2.C12H22O3.C12H16O2.C9H16O2.C6H12O2/c1-3-19(13-23-14-19)11-21-9-17-5-7-18(8-6-17)10-22-12-20(4-2)15-24-16-20;1-4-7-8-13(5-2)9-15-10-14(6-3)11-16-12-14;1-3-11(5-13-6-11)9-15-10-12(4-2)7-14-8-12;1-2-12(8-13-9-12)10-14-11-6-4-3-5-7-11;1-3-5-10-6-9(4-2)7-11-8-9;1-2-6(3-7)4-8-5-6/h5-8H,3-4,9-16H2,1-2H3;13H,4-12H2,1-3H3;3-10H2,1-2H3;3-7H,2,8-10H2,1H3;3H,1,4-8H2,2H3;7H,2-5H2,1H3. The van der Waals surface area contributed by atoms with E-state index < -0.39 is 0 Å². The Morgan fingerprint density at radius 2 is 0.727 bits per heavy atom. The van der Waals surface area contributed by atoms with Gasteiger partial charge in [-0.1, -0.05) is 137 Å². The normalized spacial score (nSPS) is 21.9. The van der Waals surface area contributed by atoms with E-state index in [1.54, 1.807) is 6.08 Å². The van der Waals surface area contributed by atoms with Gasteiger partial charge in [0.25, 0.3) is 0 Å². The molecule has 0 spiro atoms. The fourth-order valence-electron chi connectivity index (χ4n) is 10.7. The van der Waals surface area contributed by atoms with Gasteiger partial charge in [0.2, 0.25) is 0 Å². The van der Waals surface area contributed by atoms with E-state index in [4.69, 9.17) is 71.4 Å². The number of hydrogen-bond acceptors (Lipinski definition) is 15. The number of aliphatic hydroxyl groups excluding tert-OH is 1. The number of unbranched alkanes of at least 4 members (excludes halogenated alkanes) is 1. The summed E-state index contributed by atoms with van der Waals surface area (Å²) in [5.41, 5.74) is 4.66. The third kappa shape index (κ3) is 24.1. The molecule has 0 amide bonds. The number of aliphatic hydroxyl groups is 1. The molecule has 8 heterocycles. The number of para-hydroxylation sites is 1. The monoisotopic (exact) mass is 1240 g/mol. The lowest BCUT2D eigenvalue weighted by Crippen LogP contribution is -2.49. The van der Waals surface area contributed by atoms with E-state index in [0.717, 1.165) is 215 Å². The molecule has 8 aliphatic heterocycles. The molecule has 1 atom stereocenters. The highest BCUT2D eigenvalue weighted by Gasteiger charge is 2.43. The molecular formula is C73H124O15. The van der Waals surface area contributed by atoms with Crippen LogP contribution in [-0.4, -0.2) is 177 Å². The van der Waals surface area contributed by atoms with Crippen molar-refractivity contribution in [2.24, 2.45) is 49.2 Å². The van der Waals surface area contributed by atoms with E-state index in [9.17, 15) is 0 Å². The van der Waals surface area contributed by atoms with Crippen LogP contribution in [0.5, 0.6) is 5.75 Å². The topological polar surface area (TPSA) is 149 Å². The second kappa shape index (κ2) is 39.8. The minimum absolute atomic E-state index is 0.139. The van der Waals surface area contributed by atoms with Gasteiger partial charge in [0.05, 0.1) is 184 Å². The first-order valence-electron chi connectivity index (χ1n) is 34.2. The Kier molecular flexibility index (Phi) is 34.5. The van der Waals surface area contributed by atoms with E-state index in [-0.39, 0.29) is 28.3 Å². The summed E-state index contributed by atoms with van der Waals surface area (Å²) in [5, 5.41) is 8.76. The predicted octanol–water partition coefficient (Wildman–Crippen LogP) is 13.6. The molecule has 8 fully saturated rings. The Balaban J connectivity index is 0.000000198. The average molecular weight is 1240 g/mol. The Morgan fingerprint density at radius 3 is 1.00 bits per heavy atom. The summed E-state index contributed by atoms with van der Waals surface area (Å²) < 4.78 is 76.5. The van der Waals surface area contributed by atoms with Crippen LogP contribution in [0.4, 0.5) is 0 Å². The average Bonchev–Trinajstić information content (AvgIpc) is 3.68. The predicted molar refractivity (Wildman–Crippen MR) is 349 cm³/mol. The maximum absolute atomic E-state index is 8.76. The molecule has 0 aromatic heterocycles. The molecule has 15 nitrogen and oxygen atoms in total. The van der Waals surface area contributed by atoms with Gasteiger partial charge in [0.15, 0.2) is 0 Å². The minimum atomic E-state index is 0.139. The van der Waals surface area contributed by atoms with E-state index in [1.807, 2.05) is 30.3 Å². The number of hydrogen-bond donors (Lipinski definition) is 1. The van der Waals surface area contributed by atoms with Gasteiger partial charge in [0, 0.05) is 44.5 Å². The van der Waals surface area contributed by atoms with Crippen LogP contribution in [-0.2, 0) is 74.8 Å². The van der Waals surface area contributed by atoms with E-state index in [0.29, 0.717) is 41.5 Å². The maximum Gasteiger partial charge on any atom is 0.119 e. The van der Waals surface area contributed by atoms with Crippen molar-refractivity contribution in [3.63, 3.8) is 0 Å². The first-order chi connectivity index (χ1) is 42.7. The molecular weight excluding hydrogens is 1120 g/mol. The van der Waals surface area contributed by atoms with Crippen molar-refractivity contribution in [3.05, 3.63) is 78.4 Å². The smallest absolute Gasteiger partial charge is 0.119 e. The van der Waals surface area contributed by atoms with Crippen molar-refractivity contribution < 1.29 is 71.4 Å². The summed E-state index contributed by atoms with van der Waals surface area (Å²) in [5.74, 6) is 1.71.